The van der Waals surface area contributed by atoms with E-state index < -0.39 is 0 Å². The van der Waals surface area contributed by atoms with Crippen LogP contribution in [0.15, 0.2) is 36.8 Å². The first-order valence-corrected chi connectivity index (χ1v) is 14.4. The number of aromatic nitrogens is 2. The molecule has 2 aromatic heterocycles. The molecule has 2 amide bonds. The molecule has 0 spiro atoms. The number of piperidine rings is 2. The maximum absolute atomic E-state index is 12.5. The second-order valence-corrected chi connectivity index (χ2v) is 10.8. The van der Waals surface area contributed by atoms with Crippen molar-refractivity contribution < 1.29 is 14.2 Å². The normalized spacial score (nSPS) is 16.4. The molecule has 2 aliphatic heterocycles. The fourth-order valence-corrected chi connectivity index (χ4v) is 5.04. The summed E-state index contributed by atoms with van der Waals surface area (Å²) in [7, 11) is 10.4. The number of nitrogens with zero attached hydrogens (tertiary/aromatic N) is 6. The Morgan fingerprint density at radius 3 is 1.67 bits per heavy atom. The van der Waals surface area contributed by atoms with E-state index in [0.717, 1.165) is 74.2 Å². The average Bonchev–Trinajstić information content (AvgIpc) is 2.95. The third-order valence-corrected chi connectivity index (χ3v) is 7.88. The van der Waals surface area contributed by atoms with E-state index >= 15 is 0 Å². The van der Waals surface area contributed by atoms with Gasteiger partial charge < -0.3 is 19.6 Å². The fraction of sp³-hybridized carbons (Fsp3) is 0.613. The largest absolute Gasteiger partial charge is 0.339 e. The quantitative estimate of drug-likeness (QED) is 0.556. The zero-order valence-electron chi connectivity index (χ0n) is 25.8. The predicted molar refractivity (Wildman–Crippen MR) is 158 cm³/mol. The van der Waals surface area contributed by atoms with Gasteiger partial charge in [0.2, 0.25) is 0 Å². The van der Waals surface area contributed by atoms with Crippen LogP contribution in [-0.2, 0) is 7.05 Å². The third-order valence-electron chi connectivity index (χ3n) is 7.88. The van der Waals surface area contributed by atoms with Crippen LogP contribution in [-0.4, -0.2) is 103 Å². The topological polar surface area (TPSA) is 63.9 Å². The van der Waals surface area contributed by atoms with Crippen molar-refractivity contribution >= 4 is 11.8 Å². The summed E-state index contributed by atoms with van der Waals surface area (Å²) in [4.78, 5) is 37.5. The maximum atomic E-state index is 12.5. The van der Waals surface area contributed by atoms with Crippen LogP contribution in [0.1, 0.15) is 71.5 Å². The van der Waals surface area contributed by atoms with E-state index in [2.05, 4.69) is 43.0 Å². The van der Waals surface area contributed by atoms with E-state index in [9.17, 15) is 9.59 Å². The van der Waals surface area contributed by atoms with Crippen LogP contribution < -0.4 is 4.57 Å². The van der Waals surface area contributed by atoms with Gasteiger partial charge in [-0.3, -0.25) is 14.6 Å². The minimum atomic E-state index is 0.153. The summed E-state index contributed by atoms with van der Waals surface area (Å²) in [5.74, 6) is 0.313. The van der Waals surface area contributed by atoms with Crippen LogP contribution in [0.3, 0.4) is 0 Å². The molecule has 2 fully saturated rings. The first-order chi connectivity index (χ1) is 18.6. The smallest absolute Gasteiger partial charge is 0.254 e. The van der Waals surface area contributed by atoms with Crippen molar-refractivity contribution in [2.24, 2.45) is 7.05 Å². The molecule has 4 heterocycles. The summed E-state index contributed by atoms with van der Waals surface area (Å²) in [5.41, 5.74) is 3.53. The van der Waals surface area contributed by atoms with Crippen molar-refractivity contribution in [1.82, 2.24) is 24.6 Å². The number of rotatable bonds is 4. The van der Waals surface area contributed by atoms with Crippen LogP contribution in [0.2, 0.25) is 0 Å². The van der Waals surface area contributed by atoms with Gasteiger partial charge in [-0.2, -0.15) is 0 Å². The van der Waals surface area contributed by atoms with Gasteiger partial charge in [0.25, 0.3) is 11.8 Å². The second kappa shape index (κ2) is 15.7. The van der Waals surface area contributed by atoms with Gasteiger partial charge in [-0.1, -0.05) is 13.8 Å². The number of likely N-dealkylation sites (tertiary alicyclic amines) is 2. The zero-order valence-corrected chi connectivity index (χ0v) is 25.8. The highest BCUT2D eigenvalue weighted by molar-refractivity contribution is 5.96. The van der Waals surface area contributed by atoms with Gasteiger partial charge in [-0.25, -0.2) is 4.57 Å². The SMILES string of the molecule is CC.CN(C)C1CCN(C(=O)c2cc[n+](C)cc2)CC1.Cc1nccc(C(=O)N2CCC(N(C)C)CC2)c1C. The molecule has 216 valence electrons. The third kappa shape index (κ3) is 9.11. The van der Waals surface area contributed by atoms with Gasteiger partial charge >= 0.3 is 0 Å². The Morgan fingerprint density at radius 2 is 1.23 bits per heavy atom. The summed E-state index contributed by atoms with van der Waals surface area (Å²) in [6.45, 7) is 11.4. The van der Waals surface area contributed by atoms with Crippen LogP contribution >= 0.6 is 0 Å². The van der Waals surface area contributed by atoms with Crippen molar-refractivity contribution in [2.75, 3.05) is 54.4 Å². The number of amides is 2. The van der Waals surface area contributed by atoms with Gasteiger partial charge in [-0.05, 0) is 79.4 Å². The summed E-state index contributed by atoms with van der Waals surface area (Å²) in [5, 5.41) is 0. The monoisotopic (exact) mass is 539 g/mol. The van der Waals surface area contributed by atoms with Crippen molar-refractivity contribution in [3.8, 4) is 0 Å². The van der Waals surface area contributed by atoms with Crippen LogP contribution in [0.5, 0.6) is 0 Å². The van der Waals surface area contributed by atoms with E-state index in [0.29, 0.717) is 12.1 Å². The molecule has 0 unspecified atom stereocenters. The minimum absolute atomic E-state index is 0.153. The lowest BCUT2D eigenvalue weighted by Crippen LogP contribution is -2.44. The van der Waals surface area contributed by atoms with Crippen molar-refractivity contribution in [3.05, 3.63) is 59.2 Å². The van der Waals surface area contributed by atoms with E-state index in [1.54, 1.807) is 6.20 Å². The molecule has 0 atom stereocenters. The fourth-order valence-electron chi connectivity index (χ4n) is 5.04. The first-order valence-electron chi connectivity index (χ1n) is 14.4. The molecule has 0 aromatic carbocycles. The van der Waals surface area contributed by atoms with Gasteiger partial charge in [0.1, 0.15) is 7.05 Å². The molecule has 0 aliphatic carbocycles. The summed E-state index contributed by atoms with van der Waals surface area (Å²) in [6.07, 6.45) is 9.81. The lowest BCUT2D eigenvalue weighted by atomic mass is 10.0. The minimum Gasteiger partial charge on any atom is -0.339 e. The molecule has 8 nitrogen and oxygen atoms in total. The molecule has 0 radical (unpaired) electrons. The highest BCUT2D eigenvalue weighted by Crippen LogP contribution is 2.19. The lowest BCUT2D eigenvalue weighted by molar-refractivity contribution is -0.671. The average molecular weight is 540 g/mol. The number of pyridine rings is 2. The number of carbonyl (C=O) groups is 2. The van der Waals surface area contributed by atoms with Gasteiger partial charge in [0.05, 0.1) is 5.56 Å². The molecule has 2 aliphatic rings. The van der Waals surface area contributed by atoms with E-state index in [-0.39, 0.29) is 11.8 Å². The number of carbonyl (C=O) groups excluding carboxylic acids is 2. The molecule has 0 saturated carbocycles. The molecule has 0 bridgehead atoms. The summed E-state index contributed by atoms with van der Waals surface area (Å²) >= 11 is 0. The van der Waals surface area contributed by atoms with E-state index in [4.69, 9.17) is 0 Å². The summed E-state index contributed by atoms with van der Waals surface area (Å²) < 4.78 is 1.94. The van der Waals surface area contributed by atoms with Crippen molar-refractivity contribution in [2.45, 2.75) is 65.5 Å². The van der Waals surface area contributed by atoms with Crippen molar-refractivity contribution in [3.63, 3.8) is 0 Å². The van der Waals surface area contributed by atoms with Gasteiger partial charge in [0, 0.05) is 67.8 Å². The zero-order chi connectivity index (χ0) is 29.1. The molecular weight excluding hydrogens is 488 g/mol. The van der Waals surface area contributed by atoms with Crippen LogP contribution in [0.4, 0.5) is 0 Å². The highest BCUT2D eigenvalue weighted by atomic mass is 16.2. The first kappa shape index (κ1) is 32.4. The van der Waals surface area contributed by atoms with Crippen LogP contribution in [0, 0.1) is 13.8 Å². The highest BCUT2D eigenvalue weighted by Gasteiger charge is 2.26. The Kier molecular flexibility index (Phi) is 13.0. The van der Waals surface area contributed by atoms with Gasteiger partial charge in [0.15, 0.2) is 12.4 Å². The van der Waals surface area contributed by atoms with E-state index in [1.807, 2.05) is 79.7 Å². The lowest BCUT2D eigenvalue weighted by Gasteiger charge is -2.35. The molecule has 0 N–H and O–H groups in total. The molecule has 39 heavy (non-hydrogen) atoms. The van der Waals surface area contributed by atoms with E-state index in [1.165, 1.54) is 0 Å². The van der Waals surface area contributed by atoms with Crippen molar-refractivity contribution in [1.29, 1.82) is 0 Å². The molecule has 2 aromatic rings. The maximum Gasteiger partial charge on any atom is 0.254 e. The standard InChI is InChI=1S/C15H23N3O.C14H22N3O.C2H6/c1-11-12(2)16-8-5-14(11)15(19)18-9-6-13(7-10-18)17(3)4;1-15(2)13-6-10-17(11-7-13)14(18)12-4-8-16(3)9-5-12;1-2/h5,8,13H,6-7,9-10H2,1-4H3;4-5,8-9,13H,6-7,10-11H2,1-3H3;1-2H3/q;+1;. The Bertz CT molecular complexity index is 1040. The Morgan fingerprint density at radius 1 is 0.795 bits per heavy atom. The Balaban J connectivity index is 0.000000258. The molecular formula is C31H51N6O2+. The molecule has 8 heteroatoms. The number of hydrogen-bond donors (Lipinski definition) is 0. The second-order valence-electron chi connectivity index (χ2n) is 10.8. The number of aryl methyl sites for hydroxylation is 2. The Hall–Kier alpha value is -2.84. The Labute approximate surface area is 236 Å². The predicted octanol–water partition coefficient (Wildman–Crippen LogP) is 3.57. The summed E-state index contributed by atoms with van der Waals surface area (Å²) in [6, 6.07) is 6.83. The van der Waals surface area contributed by atoms with Gasteiger partial charge in [-0.15, -0.1) is 0 Å². The number of hydrogen-bond acceptors (Lipinski definition) is 5. The molecule has 4 rings (SSSR count). The van der Waals surface area contributed by atoms with Crippen LogP contribution in [0.25, 0.3) is 0 Å². The molecule has 2 saturated heterocycles.